The average Bonchev–Trinajstić information content (AvgIpc) is 3.30. The van der Waals surface area contributed by atoms with Gasteiger partial charge in [0, 0.05) is 12.6 Å². The molecule has 4 heteroatoms. The van der Waals surface area contributed by atoms with Crippen LogP contribution in [-0.2, 0) is 18.4 Å². The summed E-state index contributed by atoms with van der Waals surface area (Å²) < 4.78 is 8.54. The van der Waals surface area contributed by atoms with Crippen LogP contribution in [-0.4, -0.2) is 9.55 Å². The Morgan fingerprint density at radius 3 is 2.47 bits per heavy atom. The fourth-order valence-electron chi connectivity index (χ4n) is 4.40. The van der Waals surface area contributed by atoms with E-state index in [4.69, 9.17) is 4.74 Å². The van der Waals surface area contributed by atoms with Crippen molar-refractivity contribution in [1.82, 2.24) is 9.55 Å². The molecule has 0 bridgehead atoms. The first-order valence-electron chi connectivity index (χ1n) is 11.3. The number of rotatable bonds is 6. The van der Waals surface area contributed by atoms with Crippen LogP contribution in [0, 0.1) is 18.3 Å². The van der Waals surface area contributed by atoms with E-state index in [-0.39, 0.29) is 6.10 Å². The van der Waals surface area contributed by atoms with Gasteiger partial charge in [0.2, 0.25) is 0 Å². The van der Waals surface area contributed by atoms with Crippen LogP contribution in [0.4, 0.5) is 0 Å². The van der Waals surface area contributed by atoms with Crippen LogP contribution in [0.2, 0.25) is 0 Å². The molecule has 0 N–H and O–H groups in total. The number of imidazole rings is 1. The third-order valence-electron chi connectivity index (χ3n) is 6.26. The van der Waals surface area contributed by atoms with Gasteiger partial charge in [0.25, 0.3) is 0 Å². The lowest BCUT2D eigenvalue weighted by molar-refractivity contribution is 0.0623. The Morgan fingerprint density at radius 1 is 0.912 bits per heavy atom. The highest BCUT2D eigenvalue weighted by Gasteiger charge is 2.19. The van der Waals surface area contributed by atoms with Crippen LogP contribution in [0.15, 0.2) is 97.5 Å². The van der Waals surface area contributed by atoms with Crippen molar-refractivity contribution in [2.24, 2.45) is 7.05 Å². The number of ether oxygens (including phenoxy) is 1. The lowest BCUT2D eigenvalue weighted by atomic mass is 9.95. The monoisotopic (exact) mass is 443 g/mol. The Bertz CT molecular complexity index is 1510. The Kier molecular flexibility index (Phi) is 5.95. The molecular weight excluding hydrogens is 418 g/mol. The fraction of sp³-hybridized carbons (Fsp3) is 0.133. The van der Waals surface area contributed by atoms with Crippen LogP contribution >= 0.6 is 0 Å². The molecule has 0 saturated heterocycles. The second-order valence-electron chi connectivity index (χ2n) is 8.53. The maximum Gasteiger partial charge on any atom is 0.124 e. The van der Waals surface area contributed by atoms with Crippen molar-refractivity contribution in [3.63, 3.8) is 0 Å². The SMILES string of the molecule is Cc1ccccc1-c1cc(COC(c2ccc3ccccc3c2)c2cncn2C)ccc1C#N. The van der Waals surface area contributed by atoms with Crippen molar-refractivity contribution >= 4 is 10.8 Å². The largest absolute Gasteiger partial charge is 0.363 e. The summed E-state index contributed by atoms with van der Waals surface area (Å²) in [6.07, 6.45) is 3.39. The summed E-state index contributed by atoms with van der Waals surface area (Å²) in [6, 6.07) is 31.2. The number of aryl methyl sites for hydroxylation is 2. The lowest BCUT2D eigenvalue weighted by Gasteiger charge is -2.20. The quantitative estimate of drug-likeness (QED) is 0.292. The second-order valence-corrected chi connectivity index (χ2v) is 8.53. The normalized spacial score (nSPS) is 11.9. The van der Waals surface area contributed by atoms with Gasteiger partial charge in [-0.2, -0.15) is 5.26 Å². The molecule has 0 aliphatic carbocycles. The van der Waals surface area contributed by atoms with E-state index in [1.807, 2.05) is 48.1 Å². The van der Waals surface area contributed by atoms with Gasteiger partial charge in [-0.1, -0.05) is 66.7 Å². The first kappa shape index (κ1) is 21.6. The standard InChI is InChI=1S/C30H25N3O/c1-21-7-3-6-10-27(21)28-15-22(11-12-26(28)17-31)19-34-30(29-18-32-20-33(29)2)25-14-13-23-8-4-5-9-24(23)16-25/h3-16,18,20,30H,19H2,1-2H3. The molecule has 1 atom stereocenters. The van der Waals surface area contributed by atoms with Crippen molar-refractivity contribution in [1.29, 1.82) is 5.26 Å². The van der Waals surface area contributed by atoms with Gasteiger partial charge < -0.3 is 9.30 Å². The van der Waals surface area contributed by atoms with E-state index in [2.05, 4.69) is 72.6 Å². The molecule has 34 heavy (non-hydrogen) atoms. The molecule has 0 amide bonds. The first-order chi connectivity index (χ1) is 16.6. The fourth-order valence-corrected chi connectivity index (χ4v) is 4.40. The van der Waals surface area contributed by atoms with Gasteiger partial charge in [-0.25, -0.2) is 4.98 Å². The van der Waals surface area contributed by atoms with Gasteiger partial charge in [0.1, 0.15) is 6.10 Å². The Hall–Kier alpha value is -4.20. The summed E-state index contributed by atoms with van der Waals surface area (Å²) >= 11 is 0. The maximum atomic E-state index is 9.68. The maximum absolute atomic E-state index is 9.68. The second kappa shape index (κ2) is 9.35. The summed E-state index contributed by atoms with van der Waals surface area (Å²) in [5.74, 6) is 0. The molecule has 0 aliphatic rings. The van der Waals surface area contributed by atoms with Gasteiger partial charge in [-0.3, -0.25) is 0 Å². The topological polar surface area (TPSA) is 50.8 Å². The lowest BCUT2D eigenvalue weighted by Crippen LogP contribution is -2.10. The molecule has 1 heterocycles. The van der Waals surface area contributed by atoms with Gasteiger partial charge in [0.15, 0.2) is 0 Å². The number of hydrogen-bond acceptors (Lipinski definition) is 3. The van der Waals surface area contributed by atoms with Gasteiger partial charge in [-0.05, 0) is 58.1 Å². The zero-order chi connectivity index (χ0) is 23.5. The minimum absolute atomic E-state index is 0.269. The zero-order valence-electron chi connectivity index (χ0n) is 19.3. The highest BCUT2D eigenvalue weighted by Crippen LogP contribution is 2.31. The summed E-state index contributed by atoms with van der Waals surface area (Å²) in [7, 11) is 1.98. The summed E-state index contributed by atoms with van der Waals surface area (Å²) in [4.78, 5) is 4.32. The van der Waals surface area contributed by atoms with Crippen molar-refractivity contribution in [2.75, 3.05) is 0 Å². The number of aromatic nitrogens is 2. The summed E-state index contributed by atoms with van der Waals surface area (Å²) in [5.41, 5.74) is 6.89. The van der Waals surface area contributed by atoms with Gasteiger partial charge in [-0.15, -0.1) is 0 Å². The summed E-state index contributed by atoms with van der Waals surface area (Å²) in [5, 5.41) is 12.1. The molecule has 166 valence electrons. The van der Waals surface area contributed by atoms with Crippen LogP contribution in [0.25, 0.3) is 21.9 Å². The molecule has 5 aromatic rings. The Morgan fingerprint density at radius 2 is 1.71 bits per heavy atom. The Labute approximate surface area is 199 Å². The number of nitrogens with zero attached hydrogens (tertiary/aromatic N) is 3. The Balaban J connectivity index is 1.49. The van der Waals surface area contributed by atoms with Gasteiger partial charge >= 0.3 is 0 Å². The molecule has 1 unspecified atom stereocenters. The smallest absolute Gasteiger partial charge is 0.124 e. The van der Waals surface area contributed by atoms with E-state index >= 15 is 0 Å². The number of hydrogen-bond donors (Lipinski definition) is 0. The van der Waals surface area contributed by atoms with E-state index in [0.717, 1.165) is 33.5 Å². The van der Waals surface area contributed by atoms with Gasteiger partial charge in [0.05, 0.1) is 36.5 Å². The highest BCUT2D eigenvalue weighted by atomic mass is 16.5. The predicted octanol–water partition coefficient (Wildman–Crippen LogP) is 6.73. The zero-order valence-corrected chi connectivity index (χ0v) is 19.3. The molecule has 0 radical (unpaired) electrons. The molecule has 1 aromatic heterocycles. The molecule has 0 spiro atoms. The molecule has 4 nitrogen and oxygen atoms in total. The molecule has 5 rings (SSSR count). The van der Waals surface area contributed by atoms with Crippen LogP contribution in [0.5, 0.6) is 0 Å². The molecule has 4 aromatic carbocycles. The summed E-state index contributed by atoms with van der Waals surface area (Å²) in [6.45, 7) is 2.48. The average molecular weight is 444 g/mol. The molecule has 0 saturated carbocycles. The van der Waals surface area contributed by atoms with E-state index in [9.17, 15) is 5.26 Å². The van der Waals surface area contributed by atoms with E-state index < -0.39 is 0 Å². The number of fused-ring (bicyclic) bond motifs is 1. The van der Waals surface area contributed by atoms with E-state index in [1.54, 1.807) is 6.33 Å². The third-order valence-corrected chi connectivity index (χ3v) is 6.26. The first-order valence-corrected chi connectivity index (χ1v) is 11.3. The molecule has 0 aliphatic heterocycles. The van der Waals surface area contributed by atoms with E-state index in [1.165, 1.54) is 10.8 Å². The third kappa shape index (κ3) is 4.22. The van der Waals surface area contributed by atoms with Crippen molar-refractivity contribution in [3.05, 3.63) is 125 Å². The number of benzene rings is 4. The van der Waals surface area contributed by atoms with Crippen molar-refractivity contribution in [2.45, 2.75) is 19.6 Å². The van der Waals surface area contributed by atoms with Crippen molar-refractivity contribution < 1.29 is 4.74 Å². The molecular formula is C30H25N3O. The van der Waals surface area contributed by atoms with Crippen LogP contribution < -0.4 is 0 Å². The van der Waals surface area contributed by atoms with E-state index in [0.29, 0.717) is 12.2 Å². The predicted molar refractivity (Wildman–Crippen MR) is 135 cm³/mol. The minimum atomic E-state index is -0.269. The molecule has 0 fully saturated rings. The van der Waals surface area contributed by atoms with Crippen LogP contribution in [0.1, 0.15) is 34.1 Å². The van der Waals surface area contributed by atoms with Crippen molar-refractivity contribution in [3.8, 4) is 17.2 Å². The number of nitriles is 1. The van der Waals surface area contributed by atoms with Crippen LogP contribution in [0.3, 0.4) is 0 Å². The highest BCUT2D eigenvalue weighted by molar-refractivity contribution is 5.83. The minimum Gasteiger partial charge on any atom is -0.363 e.